The third-order valence-corrected chi connectivity index (χ3v) is 4.44. The predicted molar refractivity (Wildman–Crippen MR) is 70.0 cm³/mol. The minimum atomic E-state index is -2.99. The van der Waals surface area contributed by atoms with Gasteiger partial charge in [-0.2, -0.15) is 0 Å². The average molecular weight is 270 g/mol. The van der Waals surface area contributed by atoms with Crippen LogP contribution < -0.4 is 5.73 Å². The Morgan fingerprint density at radius 1 is 1.44 bits per heavy atom. The van der Waals surface area contributed by atoms with Crippen LogP contribution in [-0.2, 0) is 16.4 Å². The number of nitrogens with zero attached hydrogens (tertiary/aromatic N) is 1. The summed E-state index contributed by atoms with van der Waals surface area (Å²) in [4.78, 5) is 15.8. The number of nitrogens with two attached hydrogens (primary N) is 1. The van der Waals surface area contributed by atoms with Gasteiger partial charge in [0.05, 0.1) is 11.4 Å². The molecule has 0 aliphatic carbocycles. The van der Waals surface area contributed by atoms with Gasteiger partial charge in [0.1, 0.15) is 9.84 Å². The minimum Gasteiger partial charge on any atom is -0.325 e. The number of sulfone groups is 1. The molecule has 0 spiro atoms. The normalized spacial score (nSPS) is 11.4. The van der Waals surface area contributed by atoms with Gasteiger partial charge in [-0.05, 0) is 18.6 Å². The molecular formula is C12H18N2O3S. The van der Waals surface area contributed by atoms with Gasteiger partial charge >= 0.3 is 0 Å². The molecule has 1 rings (SSSR count). The first-order valence-corrected chi connectivity index (χ1v) is 7.69. The van der Waals surface area contributed by atoms with Gasteiger partial charge in [-0.25, -0.2) is 8.42 Å². The molecule has 0 aromatic carbocycles. The molecule has 5 nitrogen and oxygen atoms in total. The Morgan fingerprint density at radius 2 is 2.17 bits per heavy atom. The van der Waals surface area contributed by atoms with Crippen molar-refractivity contribution in [1.82, 2.24) is 4.98 Å². The van der Waals surface area contributed by atoms with Crippen molar-refractivity contribution in [1.29, 1.82) is 0 Å². The molecule has 2 N–H and O–H groups in total. The minimum absolute atomic E-state index is 0.0596. The predicted octanol–water partition coefficient (Wildman–Crippen LogP) is 0.938. The van der Waals surface area contributed by atoms with Crippen molar-refractivity contribution in [2.75, 3.05) is 11.5 Å². The molecule has 0 saturated carbocycles. The van der Waals surface area contributed by atoms with Gasteiger partial charge in [0.15, 0.2) is 5.78 Å². The molecule has 0 amide bonds. The van der Waals surface area contributed by atoms with E-state index in [9.17, 15) is 13.2 Å². The second-order valence-electron chi connectivity index (χ2n) is 4.00. The van der Waals surface area contributed by atoms with Gasteiger partial charge in [0.25, 0.3) is 0 Å². The number of Topliss-reactive ketones (excluding diaryl/α,β-unsaturated/α-hetero) is 1. The summed E-state index contributed by atoms with van der Waals surface area (Å²) in [5.74, 6) is 0.107. The summed E-state index contributed by atoms with van der Waals surface area (Å²) in [6.45, 7) is 1.89. The van der Waals surface area contributed by atoms with Crippen LogP contribution in [0.25, 0.3) is 0 Å². The van der Waals surface area contributed by atoms with Crippen molar-refractivity contribution in [3.05, 3.63) is 29.6 Å². The molecule has 0 bridgehead atoms. The SMILES string of the molecule is CCS(=O)(=O)CCCC(=O)c1ccnc(CN)c1. The standard InChI is InChI=1S/C12H18N2O3S/c1-2-18(16,17)7-3-4-12(15)10-5-6-14-11(8-10)9-13/h5-6,8H,2-4,7,9,13H2,1H3. The summed E-state index contributed by atoms with van der Waals surface area (Å²) >= 11 is 0. The number of carbonyl (C=O) groups is 1. The van der Waals surface area contributed by atoms with E-state index >= 15 is 0 Å². The number of hydrogen-bond acceptors (Lipinski definition) is 5. The van der Waals surface area contributed by atoms with Crippen LogP contribution in [0.1, 0.15) is 35.8 Å². The number of carbonyl (C=O) groups excluding carboxylic acids is 1. The van der Waals surface area contributed by atoms with Gasteiger partial charge in [0, 0.05) is 30.5 Å². The summed E-state index contributed by atoms with van der Waals surface area (Å²) in [5, 5.41) is 0. The van der Waals surface area contributed by atoms with E-state index < -0.39 is 9.84 Å². The Bertz CT molecular complexity index is 512. The van der Waals surface area contributed by atoms with E-state index in [0.29, 0.717) is 17.7 Å². The lowest BCUT2D eigenvalue weighted by molar-refractivity contribution is 0.0982. The van der Waals surface area contributed by atoms with E-state index in [4.69, 9.17) is 5.73 Å². The zero-order chi connectivity index (χ0) is 13.6. The molecule has 100 valence electrons. The van der Waals surface area contributed by atoms with E-state index in [1.54, 1.807) is 19.1 Å². The smallest absolute Gasteiger partial charge is 0.163 e. The third kappa shape index (κ3) is 4.54. The molecule has 0 fully saturated rings. The molecule has 0 atom stereocenters. The lowest BCUT2D eigenvalue weighted by Gasteiger charge is -2.03. The lowest BCUT2D eigenvalue weighted by Crippen LogP contribution is -2.11. The fourth-order valence-electron chi connectivity index (χ4n) is 1.50. The first-order chi connectivity index (χ1) is 8.48. The van der Waals surface area contributed by atoms with Gasteiger partial charge in [-0.1, -0.05) is 6.92 Å². The number of aromatic nitrogens is 1. The summed E-state index contributed by atoms with van der Waals surface area (Å²) in [7, 11) is -2.99. The van der Waals surface area contributed by atoms with Crippen molar-refractivity contribution in [3.8, 4) is 0 Å². The number of pyridine rings is 1. The third-order valence-electron chi connectivity index (χ3n) is 2.65. The fraction of sp³-hybridized carbons (Fsp3) is 0.500. The van der Waals surface area contributed by atoms with Crippen LogP contribution in [-0.4, -0.2) is 30.7 Å². The quantitative estimate of drug-likeness (QED) is 0.745. The molecule has 0 unspecified atom stereocenters. The molecule has 1 aromatic rings. The van der Waals surface area contributed by atoms with Crippen molar-refractivity contribution in [2.24, 2.45) is 5.73 Å². The van der Waals surface area contributed by atoms with Crippen molar-refractivity contribution in [2.45, 2.75) is 26.3 Å². The van der Waals surface area contributed by atoms with Crippen LogP contribution >= 0.6 is 0 Å². The molecule has 0 aliphatic rings. The Morgan fingerprint density at radius 3 is 2.78 bits per heavy atom. The van der Waals surface area contributed by atoms with Crippen molar-refractivity contribution >= 4 is 15.6 Å². The Kier molecular flexibility index (Phi) is 5.43. The topological polar surface area (TPSA) is 90.1 Å². The van der Waals surface area contributed by atoms with Gasteiger partial charge in [-0.15, -0.1) is 0 Å². The highest BCUT2D eigenvalue weighted by Crippen LogP contribution is 2.08. The van der Waals surface area contributed by atoms with Crippen LogP contribution in [0, 0.1) is 0 Å². The Balaban J connectivity index is 2.55. The van der Waals surface area contributed by atoms with E-state index in [-0.39, 0.29) is 30.3 Å². The molecule has 6 heteroatoms. The lowest BCUT2D eigenvalue weighted by atomic mass is 10.1. The fourth-order valence-corrected chi connectivity index (χ4v) is 2.38. The Labute approximate surface area is 107 Å². The number of hydrogen-bond donors (Lipinski definition) is 1. The van der Waals surface area contributed by atoms with E-state index in [2.05, 4.69) is 4.98 Å². The maximum Gasteiger partial charge on any atom is 0.163 e. The van der Waals surface area contributed by atoms with Crippen LogP contribution in [0.5, 0.6) is 0 Å². The monoisotopic (exact) mass is 270 g/mol. The van der Waals surface area contributed by atoms with Gasteiger partial charge in [-0.3, -0.25) is 9.78 Å². The van der Waals surface area contributed by atoms with Gasteiger partial charge < -0.3 is 5.73 Å². The highest BCUT2D eigenvalue weighted by atomic mass is 32.2. The summed E-state index contributed by atoms with van der Waals surface area (Å²) in [6, 6.07) is 3.27. The molecule has 0 radical (unpaired) electrons. The maximum atomic E-state index is 11.8. The average Bonchev–Trinajstić information content (AvgIpc) is 2.38. The zero-order valence-electron chi connectivity index (χ0n) is 10.4. The van der Waals surface area contributed by atoms with Crippen LogP contribution in [0.2, 0.25) is 0 Å². The number of ketones is 1. The Hall–Kier alpha value is -1.27. The summed E-state index contributed by atoms with van der Waals surface area (Å²) in [5.41, 5.74) is 6.64. The van der Waals surface area contributed by atoms with Crippen LogP contribution in [0.4, 0.5) is 0 Å². The highest BCUT2D eigenvalue weighted by Gasteiger charge is 2.11. The number of rotatable bonds is 7. The summed E-state index contributed by atoms with van der Waals surface area (Å²) in [6.07, 6.45) is 2.13. The second-order valence-corrected chi connectivity index (χ2v) is 6.48. The van der Waals surface area contributed by atoms with Crippen molar-refractivity contribution < 1.29 is 13.2 Å². The molecule has 1 heterocycles. The van der Waals surface area contributed by atoms with E-state index in [1.165, 1.54) is 6.20 Å². The summed E-state index contributed by atoms with van der Waals surface area (Å²) < 4.78 is 22.6. The molecule has 18 heavy (non-hydrogen) atoms. The van der Waals surface area contributed by atoms with E-state index in [0.717, 1.165) is 0 Å². The molecular weight excluding hydrogens is 252 g/mol. The zero-order valence-corrected chi connectivity index (χ0v) is 11.2. The first-order valence-electron chi connectivity index (χ1n) is 5.87. The van der Waals surface area contributed by atoms with Crippen LogP contribution in [0.15, 0.2) is 18.3 Å². The van der Waals surface area contributed by atoms with Crippen molar-refractivity contribution in [3.63, 3.8) is 0 Å². The van der Waals surface area contributed by atoms with Crippen LogP contribution in [0.3, 0.4) is 0 Å². The van der Waals surface area contributed by atoms with Gasteiger partial charge in [0.2, 0.25) is 0 Å². The molecule has 0 aliphatic heterocycles. The second kappa shape index (κ2) is 6.61. The van der Waals surface area contributed by atoms with E-state index in [1.807, 2.05) is 0 Å². The largest absolute Gasteiger partial charge is 0.325 e. The highest BCUT2D eigenvalue weighted by molar-refractivity contribution is 7.91. The molecule has 0 saturated heterocycles. The molecule has 1 aromatic heterocycles. The first kappa shape index (κ1) is 14.8. The maximum absolute atomic E-state index is 11.8.